The first kappa shape index (κ1) is 25.1. The molecule has 2 aromatic heterocycles. The van der Waals surface area contributed by atoms with Crippen LogP contribution in [0.5, 0.6) is 11.6 Å². The van der Waals surface area contributed by atoms with Crippen molar-refractivity contribution >= 4 is 33.4 Å². The molecule has 3 aromatic carbocycles. The Morgan fingerprint density at radius 2 is 1.82 bits per heavy atom. The molecule has 5 rings (SSSR count). The Labute approximate surface area is 221 Å². The van der Waals surface area contributed by atoms with Gasteiger partial charge in [-0.05, 0) is 49.7 Å². The van der Waals surface area contributed by atoms with E-state index in [1.807, 2.05) is 72.2 Å². The summed E-state index contributed by atoms with van der Waals surface area (Å²) in [6.07, 6.45) is 3.07. The standard InChI is InChI=1S/C31H30N4O3/c1-4-5-9-16-35-28-15-12-20(2)17-25(28)29(31(35)37)33-34-30(36)24-19-27(21-10-7-6-8-11-21)32-26-14-13-22(38-3)18-23(24)26/h6-8,10-15,17-19,37H,4-5,9,16H2,1-3H3. The molecule has 0 radical (unpaired) electrons. The molecular weight excluding hydrogens is 476 g/mol. The van der Waals surface area contributed by atoms with Crippen LogP contribution in [0.3, 0.4) is 0 Å². The minimum atomic E-state index is -0.526. The molecule has 1 N–H and O–H groups in total. The number of hydrogen-bond acceptors (Lipinski definition) is 5. The number of unbranched alkanes of at least 4 members (excludes halogenated alkanes) is 2. The minimum Gasteiger partial charge on any atom is -0.497 e. The van der Waals surface area contributed by atoms with E-state index in [-0.39, 0.29) is 5.88 Å². The molecule has 2 heterocycles. The normalized spacial score (nSPS) is 11.6. The van der Waals surface area contributed by atoms with E-state index in [9.17, 15) is 9.90 Å². The van der Waals surface area contributed by atoms with Gasteiger partial charge in [0.1, 0.15) is 5.75 Å². The highest BCUT2D eigenvalue weighted by molar-refractivity contribution is 6.08. The number of aromatic hydroxyl groups is 1. The Hall–Kier alpha value is -4.52. The summed E-state index contributed by atoms with van der Waals surface area (Å²) in [6, 6.07) is 22.8. The molecule has 7 heteroatoms. The predicted octanol–water partition coefficient (Wildman–Crippen LogP) is 7.99. The Morgan fingerprint density at radius 3 is 2.58 bits per heavy atom. The Balaban J connectivity index is 1.60. The van der Waals surface area contributed by atoms with Crippen molar-refractivity contribution in [2.24, 2.45) is 10.2 Å². The van der Waals surface area contributed by atoms with Crippen LogP contribution in [0, 0.1) is 6.92 Å². The molecule has 0 saturated heterocycles. The Kier molecular flexibility index (Phi) is 7.18. The highest BCUT2D eigenvalue weighted by Crippen LogP contribution is 2.40. The summed E-state index contributed by atoms with van der Waals surface area (Å²) in [5, 5.41) is 20.9. The maximum Gasteiger partial charge on any atom is 0.296 e. The Bertz CT molecular complexity index is 1660. The van der Waals surface area contributed by atoms with Crippen molar-refractivity contribution in [3.63, 3.8) is 0 Å². The van der Waals surface area contributed by atoms with Gasteiger partial charge in [0, 0.05) is 22.9 Å². The van der Waals surface area contributed by atoms with Gasteiger partial charge in [0.05, 0.1) is 29.4 Å². The zero-order chi connectivity index (χ0) is 26.6. The van der Waals surface area contributed by atoms with Gasteiger partial charge in [0.2, 0.25) is 5.88 Å². The SMILES string of the molecule is CCCCCn1c(O)c(N=NC(=O)c2cc(-c3ccccc3)nc3ccc(OC)cc23)c2cc(C)ccc21. The van der Waals surface area contributed by atoms with Gasteiger partial charge in [-0.25, -0.2) is 4.98 Å². The zero-order valence-corrected chi connectivity index (χ0v) is 21.8. The van der Waals surface area contributed by atoms with Crippen LogP contribution in [0.25, 0.3) is 33.1 Å². The van der Waals surface area contributed by atoms with Crippen molar-refractivity contribution in [1.29, 1.82) is 0 Å². The average Bonchev–Trinajstić information content (AvgIpc) is 3.20. The highest BCUT2D eigenvalue weighted by Gasteiger charge is 2.19. The second-order valence-corrected chi connectivity index (χ2v) is 9.36. The van der Waals surface area contributed by atoms with Gasteiger partial charge in [-0.1, -0.05) is 61.7 Å². The second kappa shape index (κ2) is 10.8. The summed E-state index contributed by atoms with van der Waals surface area (Å²) >= 11 is 0. The van der Waals surface area contributed by atoms with Crippen LogP contribution in [0.2, 0.25) is 0 Å². The maximum atomic E-state index is 13.5. The number of amides is 1. The van der Waals surface area contributed by atoms with Gasteiger partial charge in [-0.15, -0.1) is 10.2 Å². The number of nitrogens with zero attached hydrogens (tertiary/aromatic N) is 4. The molecule has 0 unspecified atom stereocenters. The maximum absolute atomic E-state index is 13.5. The molecule has 38 heavy (non-hydrogen) atoms. The van der Waals surface area contributed by atoms with Crippen LogP contribution < -0.4 is 4.74 Å². The van der Waals surface area contributed by atoms with Crippen molar-refractivity contribution in [2.75, 3.05) is 7.11 Å². The average molecular weight is 507 g/mol. The number of methoxy groups -OCH3 is 1. The summed E-state index contributed by atoms with van der Waals surface area (Å²) in [7, 11) is 1.58. The van der Waals surface area contributed by atoms with E-state index < -0.39 is 5.91 Å². The van der Waals surface area contributed by atoms with Crippen molar-refractivity contribution in [1.82, 2.24) is 9.55 Å². The van der Waals surface area contributed by atoms with Gasteiger partial charge in [-0.3, -0.25) is 4.79 Å². The third-order valence-corrected chi connectivity index (χ3v) is 6.71. The van der Waals surface area contributed by atoms with E-state index in [4.69, 9.17) is 9.72 Å². The van der Waals surface area contributed by atoms with Crippen LogP contribution in [0.1, 0.15) is 42.1 Å². The highest BCUT2D eigenvalue weighted by atomic mass is 16.5. The largest absolute Gasteiger partial charge is 0.497 e. The molecule has 0 aliphatic rings. The van der Waals surface area contributed by atoms with E-state index in [0.717, 1.165) is 41.3 Å². The van der Waals surface area contributed by atoms with Crippen molar-refractivity contribution < 1.29 is 14.6 Å². The first-order valence-electron chi connectivity index (χ1n) is 12.8. The molecule has 192 valence electrons. The molecule has 1 amide bonds. The molecule has 0 atom stereocenters. The molecule has 0 aliphatic heterocycles. The number of ether oxygens (including phenoxy) is 1. The first-order valence-corrected chi connectivity index (χ1v) is 12.8. The fraction of sp³-hybridized carbons (Fsp3) is 0.226. The number of rotatable bonds is 8. The monoisotopic (exact) mass is 506 g/mol. The molecular formula is C31H30N4O3. The fourth-order valence-electron chi connectivity index (χ4n) is 4.70. The molecule has 7 nitrogen and oxygen atoms in total. The quantitative estimate of drug-likeness (QED) is 0.171. The van der Waals surface area contributed by atoms with Crippen LogP contribution in [0.4, 0.5) is 5.69 Å². The third-order valence-electron chi connectivity index (χ3n) is 6.71. The number of fused-ring (bicyclic) bond motifs is 2. The predicted molar refractivity (Wildman–Crippen MR) is 150 cm³/mol. The third kappa shape index (κ3) is 4.87. The lowest BCUT2D eigenvalue weighted by Gasteiger charge is -2.09. The summed E-state index contributed by atoms with van der Waals surface area (Å²) in [5.41, 5.74) is 4.76. The van der Waals surface area contributed by atoms with Gasteiger partial charge in [0.15, 0.2) is 5.69 Å². The van der Waals surface area contributed by atoms with Crippen LogP contribution in [-0.4, -0.2) is 27.7 Å². The lowest BCUT2D eigenvalue weighted by Crippen LogP contribution is -1.99. The first-order chi connectivity index (χ1) is 18.5. The summed E-state index contributed by atoms with van der Waals surface area (Å²) in [5.74, 6) is 0.104. The Morgan fingerprint density at radius 1 is 1.00 bits per heavy atom. The molecule has 0 bridgehead atoms. The van der Waals surface area contributed by atoms with Crippen LogP contribution in [-0.2, 0) is 6.54 Å². The lowest BCUT2D eigenvalue weighted by atomic mass is 10.0. The number of carbonyl (C=O) groups excluding carboxylic acids is 1. The van der Waals surface area contributed by atoms with E-state index in [2.05, 4.69) is 17.2 Å². The van der Waals surface area contributed by atoms with Gasteiger partial charge in [0.25, 0.3) is 5.91 Å². The molecule has 0 aliphatic carbocycles. The fourth-order valence-corrected chi connectivity index (χ4v) is 4.70. The minimum absolute atomic E-state index is 0.0180. The van der Waals surface area contributed by atoms with E-state index in [1.54, 1.807) is 19.2 Å². The number of benzene rings is 3. The van der Waals surface area contributed by atoms with E-state index >= 15 is 0 Å². The molecule has 0 fully saturated rings. The van der Waals surface area contributed by atoms with Crippen molar-refractivity contribution in [3.05, 3.63) is 83.9 Å². The number of azo groups is 1. The van der Waals surface area contributed by atoms with Crippen molar-refractivity contribution in [3.8, 4) is 22.9 Å². The smallest absolute Gasteiger partial charge is 0.296 e. The number of carbonyl (C=O) groups is 1. The van der Waals surface area contributed by atoms with Crippen LogP contribution in [0.15, 0.2) is 83.0 Å². The number of aryl methyl sites for hydroxylation is 2. The summed E-state index contributed by atoms with van der Waals surface area (Å²) in [4.78, 5) is 18.3. The molecule has 0 saturated carbocycles. The lowest BCUT2D eigenvalue weighted by molar-refractivity contribution is 0.0996. The van der Waals surface area contributed by atoms with Gasteiger partial charge in [-0.2, -0.15) is 0 Å². The van der Waals surface area contributed by atoms with Crippen LogP contribution >= 0.6 is 0 Å². The second-order valence-electron chi connectivity index (χ2n) is 9.36. The molecule has 0 spiro atoms. The molecule has 5 aromatic rings. The van der Waals surface area contributed by atoms with E-state index in [1.165, 1.54) is 0 Å². The topological polar surface area (TPSA) is 89.1 Å². The summed E-state index contributed by atoms with van der Waals surface area (Å²) < 4.78 is 7.24. The summed E-state index contributed by atoms with van der Waals surface area (Å²) in [6.45, 7) is 4.79. The zero-order valence-electron chi connectivity index (χ0n) is 21.8. The van der Waals surface area contributed by atoms with Gasteiger partial charge < -0.3 is 14.4 Å². The van der Waals surface area contributed by atoms with Crippen molar-refractivity contribution in [2.45, 2.75) is 39.7 Å². The van der Waals surface area contributed by atoms with Gasteiger partial charge >= 0.3 is 0 Å². The number of hydrogen-bond donors (Lipinski definition) is 1. The van der Waals surface area contributed by atoms with E-state index in [0.29, 0.717) is 40.1 Å². The number of pyridine rings is 1. The number of aromatic nitrogens is 2.